The number of nitriles is 1. The third kappa shape index (κ3) is 4.50. The molecule has 1 aromatic carbocycles. The van der Waals surface area contributed by atoms with Crippen molar-refractivity contribution in [2.45, 2.75) is 32.7 Å². The van der Waals surface area contributed by atoms with Crippen molar-refractivity contribution in [3.63, 3.8) is 0 Å². The second kappa shape index (κ2) is 7.43. The van der Waals surface area contributed by atoms with E-state index in [1.54, 1.807) is 6.07 Å². The topological polar surface area (TPSA) is 64.9 Å². The van der Waals surface area contributed by atoms with Gasteiger partial charge in [0.15, 0.2) is 11.6 Å². The molecule has 0 heterocycles. The van der Waals surface area contributed by atoms with Gasteiger partial charge in [0.2, 0.25) is 5.91 Å². The SMILES string of the molecule is CCC(C)NC(=O)CCNc1c(F)cc(C#N)cc1F. The van der Waals surface area contributed by atoms with Crippen LogP contribution in [0.4, 0.5) is 14.5 Å². The summed E-state index contributed by atoms with van der Waals surface area (Å²) in [5.41, 5.74) is -0.402. The predicted molar refractivity (Wildman–Crippen MR) is 72.1 cm³/mol. The molecule has 0 fully saturated rings. The highest BCUT2D eigenvalue weighted by atomic mass is 19.1. The van der Waals surface area contributed by atoms with Crippen LogP contribution >= 0.6 is 0 Å². The Morgan fingerprint density at radius 2 is 2.00 bits per heavy atom. The predicted octanol–water partition coefficient (Wildman–Crippen LogP) is 2.55. The maximum atomic E-state index is 13.5. The van der Waals surface area contributed by atoms with Crippen molar-refractivity contribution in [1.82, 2.24) is 5.32 Å². The fourth-order valence-electron chi connectivity index (χ4n) is 1.56. The number of nitrogens with one attached hydrogen (secondary N) is 2. The molecule has 1 rings (SSSR count). The fraction of sp³-hybridized carbons (Fsp3) is 0.429. The molecule has 1 unspecified atom stereocenters. The standard InChI is InChI=1S/C14H17F2N3O/c1-3-9(2)19-13(20)4-5-18-14-11(15)6-10(8-17)7-12(14)16/h6-7,9,18H,3-5H2,1-2H3,(H,19,20). The Morgan fingerprint density at radius 3 is 2.50 bits per heavy atom. The molecule has 0 saturated heterocycles. The van der Waals surface area contributed by atoms with Gasteiger partial charge in [0.25, 0.3) is 0 Å². The van der Waals surface area contributed by atoms with E-state index in [9.17, 15) is 13.6 Å². The highest BCUT2D eigenvalue weighted by Gasteiger charge is 2.11. The molecule has 108 valence electrons. The van der Waals surface area contributed by atoms with Crippen LogP contribution in [0.15, 0.2) is 12.1 Å². The van der Waals surface area contributed by atoms with Gasteiger partial charge in [-0.3, -0.25) is 4.79 Å². The molecule has 0 aliphatic heterocycles. The van der Waals surface area contributed by atoms with Crippen molar-refractivity contribution in [3.05, 3.63) is 29.3 Å². The average Bonchev–Trinajstić information content (AvgIpc) is 2.41. The molecule has 6 heteroatoms. The van der Waals surface area contributed by atoms with Crippen LogP contribution in [0.1, 0.15) is 32.3 Å². The number of benzene rings is 1. The van der Waals surface area contributed by atoms with E-state index >= 15 is 0 Å². The van der Waals surface area contributed by atoms with Crippen molar-refractivity contribution < 1.29 is 13.6 Å². The molecular formula is C14H17F2N3O. The van der Waals surface area contributed by atoms with E-state index in [2.05, 4.69) is 10.6 Å². The van der Waals surface area contributed by atoms with Crippen LogP contribution in [0.3, 0.4) is 0 Å². The van der Waals surface area contributed by atoms with Crippen LogP contribution < -0.4 is 10.6 Å². The minimum Gasteiger partial charge on any atom is -0.380 e. The molecule has 0 bridgehead atoms. The first-order valence-corrected chi connectivity index (χ1v) is 6.40. The van der Waals surface area contributed by atoms with Gasteiger partial charge in [-0.2, -0.15) is 5.26 Å². The van der Waals surface area contributed by atoms with Crippen molar-refractivity contribution >= 4 is 11.6 Å². The Labute approximate surface area is 116 Å². The minimum atomic E-state index is -0.844. The third-order valence-electron chi connectivity index (χ3n) is 2.84. The number of nitrogens with zero attached hydrogens (tertiary/aromatic N) is 1. The van der Waals surface area contributed by atoms with Gasteiger partial charge in [0, 0.05) is 19.0 Å². The zero-order chi connectivity index (χ0) is 15.1. The van der Waals surface area contributed by atoms with E-state index in [1.165, 1.54) is 0 Å². The molecular weight excluding hydrogens is 264 g/mol. The normalized spacial score (nSPS) is 11.6. The highest BCUT2D eigenvalue weighted by Crippen LogP contribution is 2.20. The summed E-state index contributed by atoms with van der Waals surface area (Å²) in [5.74, 6) is -1.87. The maximum Gasteiger partial charge on any atom is 0.221 e. The largest absolute Gasteiger partial charge is 0.380 e. The van der Waals surface area contributed by atoms with Crippen molar-refractivity contribution in [1.29, 1.82) is 5.26 Å². The first-order chi connectivity index (χ1) is 9.47. The lowest BCUT2D eigenvalue weighted by Crippen LogP contribution is -2.33. The number of amides is 1. The van der Waals surface area contributed by atoms with E-state index in [-0.39, 0.29) is 36.2 Å². The first kappa shape index (κ1) is 15.9. The summed E-state index contributed by atoms with van der Waals surface area (Å²) in [6, 6.07) is 3.64. The lowest BCUT2D eigenvalue weighted by molar-refractivity contribution is -0.121. The molecule has 2 N–H and O–H groups in total. The summed E-state index contributed by atoms with van der Waals surface area (Å²) in [6.45, 7) is 3.94. The van der Waals surface area contributed by atoms with Gasteiger partial charge in [-0.05, 0) is 25.5 Å². The van der Waals surface area contributed by atoms with Gasteiger partial charge in [-0.1, -0.05) is 6.92 Å². The molecule has 0 aliphatic carbocycles. The van der Waals surface area contributed by atoms with Crippen LogP contribution in [0.5, 0.6) is 0 Å². The van der Waals surface area contributed by atoms with Crippen LogP contribution in [0.2, 0.25) is 0 Å². The Balaban J connectivity index is 2.55. The second-order valence-corrected chi connectivity index (χ2v) is 4.48. The number of carbonyl (C=O) groups excluding carboxylic acids is 1. The molecule has 0 radical (unpaired) electrons. The van der Waals surface area contributed by atoms with Crippen molar-refractivity contribution in [2.24, 2.45) is 0 Å². The van der Waals surface area contributed by atoms with Crippen LogP contribution in [-0.2, 0) is 4.79 Å². The molecule has 20 heavy (non-hydrogen) atoms. The maximum absolute atomic E-state index is 13.5. The van der Waals surface area contributed by atoms with E-state index in [0.29, 0.717) is 0 Å². The highest BCUT2D eigenvalue weighted by molar-refractivity contribution is 5.76. The van der Waals surface area contributed by atoms with E-state index in [0.717, 1.165) is 18.6 Å². The fourth-order valence-corrected chi connectivity index (χ4v) is 1.56. The monoisotopic (exact) mass is 281 g/mol. The number of halogens is 2. The van der Waals surface area contributed by atoms with Crippen molar-refractivity contribution in [2.75, 3.05) is 11.9 Å². The third-order valence-corrected chi connectivity index (χ3v) is 2.84. The lowest BCUT2D eigenvalue weighted by Gasteiger charge is -2.12. The van der Waals surface area contributed by atoms with Gasteiger partial charge in [0.1, 0.15) is 5.69 Å². The molecule has 1 atom stereocenters. The zero-order valence-electron chi connectivity index (χ0n) is 11.5. The first-order valence-electron chi connectivity index (χ1n) is 6.40. The molecule has 0 aromatic heterocycles. The average molecular weight is 281 g/mol. The van der Waals surface area contributed by atoms with Gasteiger partial charge >= 0.3 is 0 Å². The summed E-state index contributed by atoms with van der Waals surface area (Å²) in [7, 11) is 0. The summed E-state index contributed by atoms with van der Waals surface area (Å²) < 4.78 is 27.1. The van der Waals surface area contributed by atoms with Gasteiger partial charge < -0.3 is 10.6 Å². The Kier molecular flexibility index (Phi) is 5.91. The molecule has 4 nitrogen and oxygen atoms in total. The molecule has 1 amide bonds. The Bertz CT molecular complexity index is 503. The summed E-state index contributed by atoms with van der Waals surface area (Å²) in [6.07, 6.45) is 0.932. The van der Waals surface area contributed by atoms with Crippen LogP contribution in [0.25, 0.3) is 0 Å². The summed E-state index contributed by atoms with van der Waals surface area (Å²) in [5, 5.41) is 13.9. The number of rotatable bonds is 6. The molecule has 1 aromatic rings. The number of carbonyl (C=O) groups is 1. The minimum absolute atomic E-state index is 0.0749. The number of hydrogen-bond acceptors (Lipinski definition) is 3. The van der Waals surface area contributed by atoms with E-state index in [4.69, 9.17) is 5.26 Å². The summed E-state index contributed by atoms with van der Waals surface area (Å²) >= 11 is 0. The van der Waals surface area contributed by atoms with Crippen molar-refractivity contribution in [3.8, 4) is 6.07 Å². The Morgan fingerprint density at radius 1 is 1.40 bits per heavy atom. The smallest absolute Gasteiger partial charge is 0.221 e. The van der Waals surface area contributed by atoms with Gasteiger partial charge in [-0.25, -0.2) is 8.78 Å². The number of hydrogen-bond donors (Lipinski definition) is 2. The second-order valence-electron chi connectivity index (χ2n) is 4.48. The van der Waals surface area contributed by atoms with Gasteiger partial charge in [-0.15, -0.1) is 0 Å². The van der Waals surface area contributed by atoms with Crippen LogP contribution in [-0.4, -0.2) is 18.5 Å². The van der Waals surface area contributed by atoms with E-state index < -0.39 is 11.6 Å². The molecule has 0 aliphatic rings. The molecule has 0 saturated carbocycles. The van der Waals surface area contributed by atoms with Crippen LogP contribution in [0, 0.1) is 23.0 Å². The van der Waals surface area contributed by atoms with Gasteiger partial charge in [0.05, 0.1) is 11.6 Å². The summed E-state index contributed by atoms with van der Waals surface area (Å²) in [4.78, 5) is 11.5. The van der Waals surface area contributed by atoms with E-state index in [1.807, 2.05) is 13.8 Å². The quantitative estimate of drug-likeness (QED) is 0.842. The number of anilines is 1. The zero-order valence-corrected chi connectivity index (χ0v) is 11.5. The molecule has 0 spiro atoms. The Hall–Kier alpha value is -2.16. The lowest BCUT2D eigenvalue weighted by atomic mass is 10.2.